The molecule has 0 aliphatic heterocycles. The molecule has 0 radical (unpaired) electrons. The Hall–Kier alpha value is -1.76. The topological polar surface area (TPSA) is 9.23 Å². The molecule has 156 valence electrons. The second kappa shape index (κ2) is 12.3. The second-order valence-electron chi connectivity index (χ2n) is 6.44. The van der Waals surface area contributed by atoms with Gasteiger partial charge in [0.2, 0.25) is 0 Å². The van der Waals surface area contributed by atoms with Gasteiger partial charge in [-0.15, -0.1) is 0 Å². The summed E-state index contributed by atoms with van der Waals surface area (Å²) in [4.78, 5) is 4.79. The average Bonchev–Trinajstić information content (AvgIpc) is 2.82. The van der Waals surface area contributed by atoms with Gasteiger partial charge in [0.25, 0.3) is 0 Å². The monoisotopic (exact) mass is 478 g/mol. The van der Waals surface area contributed by atoms with E-state index in [0.29, 0.717) is 0 Å². The maximum Gasteiger partial charge on any atom is 0.161 e. The first kappa shape index (κ1) is 22.4. The van der Waals surface area contributed by atoms with Crippen LogP contribution in [0.15, 0.2) is 141 Å². The Morgan fingerprint density at radius 3 is 0.806 bits per heavy atom. The second-order valence-corrected chi connectivity index (χ2v) is 11.6. The summed E-state index contributed by atoms with van der Waals surface area (Å²) in [6.45, 7) is 0. The van der Waals surface area contributed by atoms with Crippen molar-refractivity contribution in [2.45, 2.75) is 29.1 Å². The summed E-state index contributed by atoms with van der Waals surface area (Å²) >= 11 is 6.99. The molecule has 31 heavy (non-hydrogen) atoms. The quantitative estimate of drug-likeness (QED) is 0.166. The first-order valence-electron chi connectivity index (χ1n) is 9.87. The van der Waals surface area contributed by atoms with Crippen molar-refractivity contribution < 1.29 is 4.74 Å². The van der Waals surface area contributed by atoms with Crippen LogP contribution in [0, 0.1) is 0 Å². The zero-order chi connectivity index (χ0) is 21.1. The number of hydrogen-bond acceptors (Lipinski definition) is 5. The van der Waals surface area contributed by atoms with Gasteiger partial charge in [0, 0.05) is 19.6 Å². The molecule has 5 heteroatoms. The van der Waals surface area contributed by atoms with E-state index in [1.165, 1.54) is 19.6 Å². The zero-order valence-electron chi connectivity index (χ0n) is 16.7. The minimum atomic E-state index is -0.0813. The first-order valence-corrected chi connectivity index (χ1v) is 13.4. The lowest BCUT2D eigenvalue weighted by Crippen LogP contribution is -2.12. The Morgan fingerprint density at radius 2 is 0.581 bits per heavy atom. The van der Waals surface area contributed by atoms with Crippen molar-refractivity contribution in [1.29, 1.82) is 0 Å². The molecule has 0 saturated heterocycles. The predicted octanol–water partition coefficient (Wildman–Crippen LogP) is 8.74. The lowest BCUT2D eigenvalue weighted by Gasteiger charge is -2.24. The maximum atomic E-state index is 6.72. The van der Waals surface area contributed by atoms with Crippen LogP contribution in [0.1, 0.15) is 0 Å². The molecule has 0 heterocycles. The van der Waals surface area contributed by atoms with Gasteiger partial charge >= 0.3 is 0 Å². The van der Waals surface area contributed by atoms with Gasteiger partial charge in [0.15, 0.2) is 9.54 Å². The average molecular weight is 479 g/mol. The standard InChI is InChI=1S/C26H22OS4/c1-5-13-21(14-6-1)28-25(29-22-15-7-2-8-16-22)27-26(30-23-17-9-3-10-18-23)31-24-19-11-4-12-20-24/h1-20,25-26H. The molecule has 0 spiro atoms. The van der Waals surface area contributed by atoms with Gasteiger partial charge in [0.05, 0.1) is 0 Å². The summed E-state index contributed by atoms with van der Waals surface area (Å²) < 4.78 is 6.56. The van der Waals surface area contributed by atoms with Crippen molar-refractivity contribution in [3.8, 4) is 0 Å². The minimum absolute atomic E-state index is 0.0813. The Labute approximate surface area is 201 Å². The summed E-state index contributed by atoms with van der Waals surface area (Å²) in [6, 6.07) is 41.8. The molecular weight excluding hydrogens is 457 g/mol. The van der Waals surface area contributed by atoms with Gasteiger partial charge in [0.1, 0.15) is 0 Å². The van der Waals surface area contributed by atoms with E-state index in [1.807, 2.05) is 24.3 Å². The van der Waals surface area contributed by atoms with E-state index in [4.69, 9.17) is 4.74 Å². The summed E-state index contributed by atoms with van der Waals surface area (Å²) in [6.07, 6.45) is 0. The molecule has 0 unspecified atom stereocenters. The highest BCUT2D eigenvalue weighted by Crippen LogP contribution is 2.43. The van der Waals surface area contributed by atoms with Crippen LogP contribution in [-0.4, -0.2) is 9.54 Å². The summed E-state index contributed by atoms with van der Waals surface area (Å²) in [5.41, 5.74) is 0. The van der Waals surface area contributed by atoms with E-state index in [2.05, 4.69) is 97.1 Å². The molecule has 0 saturated carbocycles. The number of ether oxygens (including phenoxy) is 1. The molecule has 4 aromatic carbocycles. The van der Waals surface area contributed by atoms with Gasteiger partial charge in [-0.25, -0.2) is 0 Å². The van der Waals surface area contributed by atoms with E-state index >= 15 is 0 Å². The third-order valence-electron chi connectivity index (χ3n) is 4.12. The molecule has 0 amide bonds. The minimum Gasteiger partial charge on any atom is -0.332 e. The zero-order valence-corrected chi connectivity index (χ0v) is 20.0. The fraction of sp³-hybridized carbons (Fsp3) is 0.0769. The molecule has 1 nitrogen and oxygen atoms in total. The molecular formula is C26H22OS4. The fourth-order valence-corrected chi connectivity index (χ4v) is 7.50. The van der Waals surface area contributed by atoms with Crippen LogP contribution in [0.5, 0.6) is 0 Å². The largest absolute Gasteiger partial charge is 0.332 e. The van der Waals surface area contributed by atoms with Crippen LogP contribution in [0.3, 0.4) is 0 Å². The SMILES string of the molecule is c1ccc(SC(OC(Sc2ccccc2)Sc2ccccc2)Sc2ccccc2)cc1. The van der Waals surface area contributed by atoms with Crippen molar-refractivity contribution in [1.82, 2.24) is 0 Å². The van der Waals surface area contributed by atoms with Crippen LogP contribution in [0.25, 0.3) is 0 Å². The van der Waals surface area contributed by atoms with Crippen LogP contribution in [0.4, 0.5) is 0 Å². The van der Waals surface area contributed by atoms with Crippen molar-refractivity contribution >= 4 is 47.0 Å². The van der Waals surface area contributed by atoms with Crippen LogP contribution in [-0.2, 0) is 4.74 Å². The fourth-order valence-electron chi connectivity index (χ4n) is 2.69. The lowest BCUT2D eigenvalue weighted by molar-refractivity contribution is 0.195. The summed E-state index contributed by atoms with van der Waals surface area (Å²) in [7, 11) is 0. The van der Waals surface area contributed by atoms with Crippen molar-refractivity contribution in [2.75, 3.05) is 0 Å². The highest BCUT2D eigenvalue weighted by molar-refractivity contribution is 8.18. The molecule has 0 aliphatic rings. The van der Waals surface area contributed by atoms with Crippen molar-refractivity contribution in [3.05, 3.63) is 121 Å². The van der Waals surface area contributed by atoms with E-state index in [1.54, 1.807) is 47.0 Å². The van der Waals surface area contributed by atoms with Crippen molar-refractivity contribution in [2.24, 2.45) is 0 Å². The van der Waals surface area contributed by atoms with Crippen LogP contribution < -0.4 is 0 Å². The van der Waals surface area contributed by atoms with Gasteiger partial charge in [-0.2, -0.15) is 0 Å². The van der Waals surface area contributed by atoms with E-state index in [-0.39, 0.29) is 9.54 Å². The Kier molecular flexibility index (Phi) is 8.92. The van der Waals surface area contributed by atoms with Crippen LogP contribution in [0.2, 0.25) is 0 Å². The third kappa shape index (κ3) is 7.70. The number of thioether (sulfide) groups is 4. The van der Waals surface area contributed by atoms with Crippen molar-refractivity contribution in [3.63, 3.8) is 0 Å². The number of rotatable bonds is 10. The lowest BCUT2D eigenvalue weighted by atomic mass is 10.4. The predicted molar refractivity (Wildman–Crippen MR) is 138 cm³/mol. The van der Waals surface area contributed by atoms with Gasteiger partial charge < -0.3 is 4.74 Å². The summed E-state index contributed by atoms with van der Waals surface area (Å²) in [5, 5.41) is 0. The number of hydrogen-bond donors (Lipinski definition) is 0. The Bertz CT molecular complexity index is 846. The van der Waals surface area contributed by atoms with Crippen LogP contribution >= 0.6 is 47.0 Å². The highest BCUT2D eigenvalue weighted by atomic mass is 32.2. The van der Waals surface area contributed by atoms with Gasteiger partial charge in [-0.3, -0.25) is 0 Å². The number of benzene rings is 4. The van der Waals surface area contributed by atoms with Gasteiger partial charge in [-0.05, 0) is 48.5 Å². The molecule has 0 fully saturated rings. The Morgan fingerprint density at radius 1 is 0.355 bits per heavy atom. The van der Waals surface area contributed by atoms with E-state index in [9.17, 15) is 0 Å². The Balaban J connectivity index is 1.55. The molecule has 0 aliphatic carbocycles. The van der Waals surface area contributed by atoms with Gasteiger partial charge in [-0.1, -0.05) is 120 Å². The molecule has 4 rings (SSSR count). The molecule has 0 aromatic heterocycles. The first-order chi connectivity index (χ1) is 15.3. The smallest absolute Gasteiger partial charge is 0.161 e. The highest BCUT2D eigenvalue weighted by Gasteiger charge is 2.21. The third-order valence-corrected chi connectivity index (χ3v) is 8.67. The van der Waals surface area contributed by atoms with E-state index < -0.39 is 0 Å². The molecule has 0 bridgehead atoms. The normalized spacial score (nSPS) is 11.2. The molecule has 4 aromatic rings. The van der Waals surface area contributed by atoms with E-state index in [0.717, 1.165) is 0 Å². The molecule has 0 atom stereocenters. The summed E-state index contributed by atoms with van der Waals surface area (Å²) in [5.74, 6) is 0. The maximum absolute atomic E-state index is 6.72. The molecule has 0 N–H and O–H groups in total.